The SMILES string of the molecule is CC(=O)c1cccn1P(n1cccc1)n1cccc1. The Morgan fingerprint density at radius 3 is 1.89 bits per heavy atom. The zero-order valence-corrected chi connectivity index (χ0v) is 11.4. The molecular weight excluding hydrogens is 257 g/mol. The van der Waals surface area contributed by atoms with Crippen LogP contribution in [0.3, 0.4) is 0 Å². The fraction of sp³-hybridized carbons (Fsp3) is 0.0714. The molecule has 3 aromatic rings. The van der Waals surface area contributed by atoms with Crippen LogP contribution in [0.5, 0.6) is 0 Å². The summed E-state index contributed by atoms with van der Waals surface area (Å²) in [6.45, 7) is 1.60. The highest BCUT2D eigenvalue weighted by Crippen LogP contribution is 2.42. The molecule has 96 valence electrons. The molecule has 0 saturated heterocycles. The number of aromatic nitrogens is 3. The van der Waals surface area contributed by atoms with Gasteiger partial charge in [0.05, 0.1) is 5.69 Å². The summed E-state index contributed by atoms with van der Waals surface area (Å²) in [5, 5.41) is 0. The molecule has 0 aliphatic heterocycles. The van der Waals surface area contributed by atoms with E-state index in [0.29, 0.717) is 0 Å². The minimum Gasteiger partial charge on any atom is -0.298 e. The molecule has 3 aromatic heterocycles. The predicted molar refractivity (Wildman–Crippen MR) is 76.4 cm³/mol. The van der Waals surface area contributed by atoms with Crippen molar-refractivity contribution < 1.29 is 4.79 Å². The van der Waals surface area contributed by atoms with Crippen LogP contribution >= 0.6 is 8.37 Å². The van der Waals surface area contributed by atoms with Crippen molar-refractivity contribution in [2.75, 3.05) is 0 Å². The maximum Gasteiger partial charge on any atom is 0.220 e. The van der Waals surface area contributed by atoms with Crippen LogP contribution in [-0.2, 0) is 0 Å². The minimum absolute atomic E-state index is 0.0804. The molecule has 0 saturated carbocycles. The number of carbonyl (C=O) groups is 1. The van der Waals surface area contributed by atoms with E-state index in [9.17, 15) is 4.79 Å². The molecule has 0 atom stereocenters. The van der Waals surface area contributed by atoms with E-state index in [-0.39, 0.29) is 5.78 Å². The summed E-state index contributed by atoms with van der Waals surface area (Å²) in [5.74, 6) is 0.0804. The van der Waals surface area contributed by atoms with Crippen LogP contribution < -0.4 is 0 Å². The van der Waals surface area contributed by atoms with Gasteiger partial charge in [0, 0.05) is 37.9 Å². The first-order valence-electron chi connectivity index (χ1n) is 6.02. The van der Waals surface area contributed by atoms with E-state index >= 15 is 0 Å². The number of nitrogens with zero attached hydrogens (tertiary/aromatic N) is 3. The summed E-state index contributed by atoms with van der Waals surface area (Å²) in [6, 6.07) is 11.8. The van der Waals surface area contributed by atoms with Crippen molar-refractivity contribution in [1.82, 2.24) is 13.0 Å². The highest BCUT2D eigenvalue weighted by Gasteiger charge is 2.18. The van der Waals surface area contributed by atoms with Gasteiger partial charge in [-0.05, 0) is 36.4 Å². The van der Waals surface area contributed by atoms with E-state index in [2.05, 4.69) is 8.68 Å². The molecular formula is C14H14N3OP. The molecule has 0 N–H and O–H groups in total. The van der Waals surface area contributed by atoms with Crippen molar-refractivity contribution in [3.8, 4) is 0 Å². The maximum absolute atomic E-state index is 11.7. The second-order valence-corrected chi connectivity index (χ2v) is 6.08. The molecule has 5 heteroatoms. The van der Waals surface area contributed by atoms with Crippen molar-refractivity contribution >= 4 is 14.2 Å². The Bertz CT molecular complexity index is 633. The van der Waals surface area contributed by atoms with Gasteiger partial charge in [-0.15, -0.1) is 0 Å². The molecule has 0 radical (unpaired) electrons. The fourth-order valence-corrected chi connectivity index (χ4v) is 4.10. The lowest BCUT2D eigenvalue weighted by atomic mass is 10.3. The van der Waals surface area contributed by atoms with Gasteiger partial charge in [-0.1, -0.05) is 0 Å². The van der Waals surface area contributed by atoms with Crippen LogP contribution in [0.25, 0.3) is 0 Å². The number of hydrogen-bond acceptors (Lipinski definition) is 1. The van der Waals surface area contributed by atoms with E-state index in [1.807, 2.05) is 71.7 Å². The quantitative estimate of drug-likeness (QED) is 0.528. The third kappa shape index (κ3) is 2.15. The Hall–Kier alpha value is -2.06. The molecule has 3 heterocycles. The molecule has 4 nitrogen and oxygen atoms in total. The van der Waals surface area contributed by atoms with Crippen molar-refractivity contribution in [2.24, 2.45) is 0 Å². The number of hydrogen-bond donors (Lipinski definition) is 0. The van der Waals surface area contributed by atoms with Gasteiger partial charge in [-0.2, -0.15) is 0 Å². The van der Waals surface area contributed by atoms with E-state index in [1.54, 1.807) is 6.92 Å². The number of ketones is 1. The van der Waals surface area contributed by atoms with Gasteiger partial charge in [0.15, 0.2) is 5.78 Å². The van der Waals surface area contributed by atoms with Crippen molar-refractivity contribution in [3.63, 3.8) is 0 Å². The third-order valence-electron chi connectivity index (χ3n) is 2.87. The molecule has 0 unspecified atom stereocenters. The summed E-state index contributed by atoms with van der Waals surface area (Å²) in [6.07, 6.45) is 10.1. The molecule has 0 amide bonds. The number of carbonyl (C=O) groups excluding carboxylic acids is 1. The Kier molecular flexibility index (Phi) is 3.10. The molecule has 3 rings (SSSR count). The van der Waals surface area contributed by atoms with Crippen LogP contribution in [0, 0.1) is 0 Å². The molecule has 0 spiro atoms. The van der Waals surface area contributed by atoms with E-state index in [4.69, 9.17) is 0 Å². The predicted octanol–water partition coefficient (Wildman–Crippen LogP) is 3.47. The first-order valence-corrected chi connectivity index (χ1v) is 7.22. The summed E-state index contributed by atoms with van der Waals surface area (Å²) in [4.78, 5) is 11.7. The van der Waals surface area contributed by atoms with Gasteiger partial charge in [0.1, 0.15) is 0 Å². The normalized spacial score (nSPS) is 11.1. The van der Waals surface area contributed by atoms with Gasteiger partial charge in [0.25, 0.3) is 0 Å². The lowest BCUT2D eigenvalue weighted by Gasteiger charge is -2.22. The molecule has 0 bridgehead atoms. The summed E-state index contributed by atoms with van der Waals surface area (Å²) >= 11 is 0. The number of Topliss-reactive ketones (excluding diaryl/α,β-unsaturated/α-hetero) is 1. The average molecular weight is 271 g/mol. The highest BCUT2D eigenvalue weighted by atomic mass is 31.1. The molecule has 0 aliphatic rings. The molecule has 19 heavy (non-hydrogen) atoms. The van der Waals surface area contributed by atoms with Crippen LogP contribution in [0.2, 0.25) is 0 Å². The van der Waals surface area contributed by atoms with Crippen LogP contribution in [-0.4, -0.2) is 18.8 Å². The van der Waals surface area contributed by atoms with Crippen LogP contribution in [0.1, 0.15) is 17.4 Å². The largest absolute Gasteiger partial charge is 0.298 e. The van der Waals surface area contributed by atoms with Gasteiger partial charge >= 0.3 is 0 Å². The topological polar surface area (TPSA) is 31.9 Å². The summed E-state index contributed by atoms with van der Waals surface area (Å²) in [7, 11) is -0.859. The monoisotopic (exact) mass is 271 g/mol. The Balaban J connectivity index is 2.15. The molecule has 0 aromatic carbocycles. The Labute approximate surface area is 112 Å². The van der Waals surface area contributed by atoms with Crippen molar-refractivity contribution in [1.29, 1.82) is 0 Å². The molecule has 0 aliphatic carbocycles. The number of rotatable bonds is 4. The van der Waals surface area contributed by atoms with E-state index in [0.717, 1.165) is 5.69 Å². The lowest BCUT2D eigenvalue weighted by molar-refractivity contribution is 0.101. The minimum atomic E-state index is -0.859. The smallest absolute Gasteiger partial charge is 0.220 e. The average Bonchev–Trinajstić information content (AvgIpc) is 3.12. The van der Waals surface area contributed by atoms with Crippen LogP contribution in [0.4, 0.5) is 0 Å². The van der Waals surface area contributed by atoms with Gasteiger partial charge in [-0.3, -0.25) is 17.8 Å². The summed E-state index contributed by atoms with van der Waals surface area (Å²) < 4.78 is 6.29. The highest BCUT2D eigenvalue weighted by molar-refractivity contribution is 7.52. The van der Waals surface area contributed by atoms with Gasteiger partial charge in [0.2, 0.25) is 8.37 Å². The van der Waals surface area contributed by atoms with Crippen LogP contribution in [0.15, 0.2) is 67.4 Å². The zero-order valence-electron chi connectivity index (χ0n) is 10.5. The van der Waals surface area contributed by atoms with Crippen molar-refractivity contribution in [2.45, 2.75) is 6.92 Å². The summed E-state index contributed by atoms with van der Waals surface area (Å²) in [5.41, 5.74) is 0.730. The fourth-order valence-electron chi connectivity index (χ4n) is 2.04. The molecule has 0 fully saturated rings. The van der Waals surface area contributed by atoms with Gasteiger partial charge < -0.3 is 0 Å². The van der Waals surface area contributed by atoms with Crippen molar-refractivity contribution in [3.05, 3.63) is 73.1 Å². The standard InChI is InChI=1S/C14H14N3OP/c1-13(18)14-7-6-12-17(14)19(15-8-2-3-9-15)16-10-4-5-11-16/h2-12H,1H3. The lowest BCUT2D eigenvalue weighted by Crippen LogP contribution is -2.10. The Morgan fingerprint density at radius 1 is 0.895 bits per heavy atom. The third-order valence-corrected chi connectivity index (χ3v) is 4.97. The Morgan fingerprint density at radius 2 is 1.42 bits per heavy atom. The van der Waals surface area contributed by atoms with E-state index in [1.165, 1.54) is 0 Å². The second-order valence-electron chi connectivity index (χ2n) is 4.19. The first-order chi connectivity index (χ1) is 9.27. The zero-order chi connectivity index (χ0) is 13.2. The first kappa shape index (κ1) is 12.0. The van der Waals surface area contributed by atoms with E-state index < -0.39 is 8.37 Å². The second kappa shape index (κ2) is 4.90. The van der Waals surface area contributed by atoms with Gasteiger partial charge in [-0.25, -0.2) is 0 Å². The maximum atomic E-state index is 11.7.